The highest BCUT2D eigenvalue weighted by Gasteiger charge is 2.39. The van der Waals surface area contributed by atoms with Gasteiger partial charge in [0.25, 0.3) is 5.88 Å². The van der Waals surface area contributed by atoms with Crippen LogP contribution in [-0.2, 0) is 7.05 Å². The smallest absolute Gasteiger partial charge is 0.341 e. The molecule has 1 unspecified atom stereocenters. The van der Waals surface area contributed by atoms with Crippen LogP contribution in [0.5, 0.6) is 5.88 Å². The van der Waals surface area contributed by atoms with E-state index in [0.29, 0.717) is 25.2 Å². The average Bonchev–Trinajstić information content (AvgIpc) is 3.46. The zero-order chi connectivity index (χ0) is 22.4. The Bertz CT molecular complexity index is 1180. The largest absolute Gasteiger partial charge is 0.468 e. The molecule has 3 aromatic rings. The number of hydrogen-bond acceptors (Lipinski definition) is 7. The van der Waals surface area contributed by atoms with Crippen molar-refractivity contribution in [2.45, 2.75) is 32.4 Å². The van der Waals surface area contributed by atoms with Gasteiger partial charge in [-0.2, -0.15) is 10.2 Å². The van der Waals surface area contributed by atoms with E-state index in [-0.39, 0.29) is 24.1 Å². The average molecular weight is 456 g/mol. The van der Waals surface area contributed by atoms with Crippen molar-refractivity contribution in [3.05, 3.63) is 45.8 Å². The summed E-state index contributed by atoms with van der Waals surface area (Å²) in [5.74, 6) is -0.611. The topological polar surface area (TPSA) is 88.7 Å². The Hall–Kier alpha value is -3.34. The molecule has 2 aliphatic heterocycles. The van der Waals surface area contributed by atoms with Crippen LogP contribution in [0.3, 0.4) is 0 Å². The van der Waals surface area contributed by atoms with Crippen molar-refractivity contribution < 1.29 is 13.9 Å². The standard InChI is InChI=1S/C21H22FN7O2S/c1-12-8-25-27(3)19(12)16-5-4-15(22)20(26-16)31-14-10-28(11-14)21(30)29-17(6-7-24-29)18-9-23-13(2)32-18/h4-5,7-9,14,17H,6,10-11H2,1-3H3. The highest BCUT2D eigenvalue weighted by molar-refractivity contribution is 7.11. The molecule has 0 aromatic carbocycles. The number of hydrogen-bond donors (Lipinski definition) is 0. The molecule has 2 aliphatic rings. The Morgan fingerprint density at radius 2 is 2.06 bits per heavy atom. The van der Waals surface area contributed by atoms with Crippen molar-refractivity contribution in [2.75, 3.05) is 13.1 Å². The summed E-state index contributed by atoms with van der Waals surface area (Å²) in [4.78, 5) is 24.2. The number of aryl methyl sites for hydroxylation is 3. The van der Waals surface area contributed by atoms with E-state index in [9.17, 15) is 9.18 Å². The number of amides is 2. The lowest BCUT2D eigenvalue weighted by Gasteiger charge is -2.40. The Morgan fingerprint density at radius 3 is 2.75 bits per heavy atom. The quantitative estimate of drug-likeness (QED) is 0.602. The van der Waals surface area contributed by atoms with E-state index in [1.165, 1.54) is 11.1 Å². The van der Waals surface area contributed by atoms with E-state index in [4.69, 9.17) is 4.74 Å². The number of thiazole rings is 1. The van der Waals surface area contributed by atoms with Crippen LogP contribution in [0.2, 0.25) is 0 Å². The summed E-state index contributed by atoms with van der Waals surface area (Å²) in [7, 11) is 1.81. The van der Waals surface area contributed by atoms with Crippen LogP contribution in [0.25, 0.3) is 11.4 Å². The molecular weight excluding hydrogens is 433 g/mol. The predicted octanol–water partition coefficient (Wildman–Crippen LogP) is 3.31. The van der Waals surface area contributed by atoms with Crippen LogP contribution in [0.4, 0.5) is 9.18 Å². The molecule has 5 rings (SSSR count). The molecule has 166 valence electrons. The summed E-state index contributed by atoms with van der Waals surface area (Å²) < 4.78 is 21.8. The molecule has 1 atom stereocenters. The second-order valence-corrected chi connectivity index (χ2v) is 9.15. The van der Waals surface area contributed by atoms with E-state index in [1.54, 1.807) is 45.6 Å². The van der Waals surface area contributed by atoms with Crippen LogP contribution >= 0.6 is 11.3 Å². The summed E-state index contributed by atoms with van der Waals surface area (Å²) in [5, 5.41) is 10.9. The molecule has 0 saturated carbocycles. The molecule has 1 saturated heterocycles. The highest BCUT2D eigenvalue weighted by Crippen LogP contribution is 2.34. The van der Waals surface area contributed by atoms with Crippen molar-refractivity contribution in [3.63, 3.8) is 0 Å². The Morgan fingerprint density at radius 1 is 1.25 bits per heavy atom. The number of urea groups is 1. The normalized spacial score (nSPS) is 18.3. The number of nitrogens with zero attached hydrogens (tertiary/aromatic N) is 7. The van der Waals surface area contributed by atoms with Crippen molar-refractivity contribution in [1.29, 1.82) is 0 Å². The monoisotopic (exact) mass is 455 g/mol. The third-order valence-electron chi connectivity index (χ3n) is 5.57. The van der Waals surface area contributed by atoms with E-state index in [2.05, 4.69) is 20.2 Å². The van der Waals surface area contributed by atoms with Crippen molar-refractivity contribution in [2.24, 2.45) is 12.1 Å². The van der Waals surface area contributed by atoms with E-state index in [0.717, 1.165) is 21.1 Å². The number of carbonyl (C=O) groups excluding carboxylic acids is 1. The summed E-state index contributed by atoms with van der Waals surface area (Å²) in [5.41, 5.74) is 2.33. The first-order valence-electron chi connectivity index (χ1n) is 10.3. The molecule has 5 heterocycles. The molecule has 11 heteroatoms. The predicted molar refractivity (Wildman–Crippen MR) is 117 cm³/mol. The van der Waals surface area contributed by atoms with Crippen LogP contribution in [0.1, 0.15) is 27.9 Å². The molecule has 0 aliphatic carbocycles. The molecule has 3 aromatic heterocycles. The second-order valence-electron chi connectivity index (χ2n) is 7.89. The SMILES string of the molecule is Cc1ncc(C2CC=NN2C(=O)N2CC(Oc3nc(-c4c(C)cnn4C)ccc3F)C2)s1. The molecule has 0 bridgehead atoms. The fraction of sp³-hybridized carbons (Fsp3) is 0.381. The van der Waals surface area contributed by atoms with E-state index in [1.807, 2.05) is 20.9 Å². The third-order valence-corrected chi connectivity index (χ3v) is 6.58. The van der Waals surface area contributed by atoms with Crippen LogP contribution in [-0.4, -0.2) is 61.1 Å². The number of carbonyl (C=O) groups is 1. The van der Waals surface area contributed by atoms with E-state index < -0.39 is 5.82 Å². The molecule has 0 radical (unpaired) electrons. The Balaban J connectivity index is 1.24. The molecule has 2 amide bonds. The summed E-state index contributed by atoms with van der Waals surface area (Å²) >= 11 is 1.57. The maximum absolute atomic E-state index is 14.4. The van der Waals surface area contributed by atoms with Gasteiger partial charge in [-0.05, 0) is 31.5 Å². The van der Waals surface area contributed by atoms with Gasteiger partial charge in [0, 0.05) is 30.8 Å². The van der Waals surface area contributed by atoms with Gasteiger partial charge in [0.15, 0.2) is 5.82 Å². The van der Waals surface area contributed by atoms with Crippen LogP contribution < -0.4 is 4.74 Å². The maximum atomic E-state index is 14.4. The lowest BCUT2D eigenvalue weighted by Crippen LogP contribution is -2.59. The molecule has 0 spiro atoms. The van der Waals surface area contributed by atoms with Crippen LogP contribution in [0, 0.1) is 19.7 Å². The fourth-order valence-electron chi connectivity index (χ4n) is 3.89. The first kappa shape index (κ1) is 20.6. The summed E-state index contributed by atoms with van der Waals surface area (Å²) in [6.07, 6.45) is 5.61. The minimum Gasteiger partial charge on any atom is -0.468 e. The molecule has 32 heavy (non-hydrogen) atoms. The Labute approximate surface area is 188 Å². The minimum atomic E-state index is -0.539. The third kappa shape index (κ3) is 3.62. The van der Waals surface area contributed by atoms with Crippen molar-refractivity contribution in [3.8, 4) is 17.3 Å². The number of aromatic nitrogens is 4. The van der Waals surface area contributed by atoms with Gasteiger partial charge in [0.05, 0.1) is 41.7 Å². The first-order chi connectivity index (χ1) is 15.4. The van der Waals surface area contributed by atoms with Gasteiger partial charge in [-0.1, -0.05) is 0 Å². The van der Waals surface area contributed by atoms with Crippen LogP contribution in [0.15, 0.2) is 29.6 Å². The lowest BCUT2D eigenvalue weighted by molar-refractivity contribution is 0.0232. The van der Waals surface area contributed by atoms with Gasteiger partial charge in [0.1, 0.15) is 6.10 Å². The summed E-state index contributed by atoms with van der Waals surface area (Å²) in [6.45, 7) is 4.54. The van der Waals surface area contributed by atoms with Gasteiger partial charge in [-0.25, -0.2) is 24.2 Å². The molecular formula is C21H22FN7O2S. The maximum Gasteiger partial charge on any atom is 0.341 e. The number of pyridine rings is 1. The van der Waals surface area contributed by atoms with E-state index >= 15 is 0 Å². The first-order valence-corrected chi connectivity index (χ1v) is 11.1. The van der Waals surface area contributed by atoms with Gasteiger partial charge in [-0.3, -0.25) is 4.68 Å². The number of hydrazone groups is 1. The molecule has 9 nitrogen and oxygen atoms in total. The van der Waals surface area contributed by atoms with Crippen molar-refractivity contribution in [1.82, 2.24) is 29.7 Å². The number of ether oxygens (including phenoxy) is 1. The van der Waals surface area contributed by atoms with Crippen molar-refractivity contribution >= 4 is 23.6 Å². The Kier molecular flexibility index (Phi) is 5.12. The van der Waals surface area contributed by atoms with Gasteiger partial charge in [0.2, 0.25) is 0 Å². The fourth-order valence-corrected chi connectivity index (χ4v) is 4.78. The molecule has 1 fully saturated rings. The van der Waals surface area contributed by atoms with Gasteiger partial charge in [-0.15, -0.1) is 11.3 Å². The lowest BCUT2D eigenvalue weighted by atomic mass is 10.1. The highest BCUT2D eigenvalue weighted by atomic mass is 32.1. The number of likely N-dealkylation sites (tertiary alicyclic amines) is 1. The second kappa shape index (κ2) is 7.97. The van der Waals surface area contributed by atoms with Gasteiger partial charge < -0.3 is 9.64 Å². The van der Waals surface area contributed by atoms with Gasteiger partial charge >= 0.3 is 6.03 Å². The zero-order valence-electron chi connectivity index (χ0n) is 17.9. The number of rotatable bonds is 4. The summed E-state index contributed by atoms with van der Waals surface area (Å²) in [6, 6.07) is 2.62. The minimum absolute atomic E-state index is 0.0718. The zero-order valence-corrected chi connectivity index (χ0v) is 18.7. The number of halogens is 1. The molecule has 0 N–H and O–H groups in total.